The lowest BCUT2D eigenvalue weighted by Crippen LogP contribution is -2.38. The lowest BCUT2D eigenvalue weighted by molar-refractivity contribution is 0.143. The summed E-state index contributed by atoms with van der Waals surface area (Å²) in [6.45, 7) is 12.9. The highest BCUT2D eigenvalue weighted by Gasteiger charge is 1.97. The molecule has 0 rings (SSSR count). The molecule has 0 fully saturated rings. The summed E-state index contributed by atoms with van der Waals surface area (Å²) < 4.78 is 5.29. The number of nitrogens with zero attached hydrogens (tertiary/aromatic N) is 1. The number of nitrogens with one attached hydrogen (secondary N) is 2. The molecule has 0 aromatic carbocycles. The number of ether oxygens (including phenoxy) is 1. The number of hydrogen-bond acceptors (Lipinski definition) is 2. The predicted molar refractivity (Wildman–Crippen MR) is 90.0 cm³/mol. The monoisotopic (exact) mass is 371 g/mol. The molecule has 0 unspecified atom stereocenters. The second kappa shape index (κ2) is 15.0. The van der Waals surface area contributed by atoms with E-state index < -0.39 is 0 Å². The molecule has 2 N–H and O–H groups in total. The van der Waals surface area contributed by atoms with Gasteiger partial charge in [0.2, 0.25) is 0 Å². The van der Waals surface area contributed by atoms with Gasteiger partial charge in [0, 0.05) is 32.8 Å². The molecule has 0 radical (unpaired) electrons. The molecule has 110 valence electrons. The maximum Gasteiger partial charge on any atom is 0.191 e. The molecular weight excluding hydrogens is 341 g/mol. The van der Waals surface area contributed by atoms with E-state index in [0.29, 0.717) is 5.92 Å². The van der Waals surface area contributed by atoms with Crippen molar-refractivity contribution in [2.75, 3.05) is 32.8 Å². The molecule has 5 heteroatoms. The molecule has 0 aliphatic carbocycles. The van der Waals surface area contributed by atoms with Crippen molar-refractivity contribution in [3.63, 3.8) is 0 Å². The molecule has 0 bridgehead atoms. The predicted octanol–water partition coefficient (Wildman–Crippen LogP) is 2.63. The second-order valence-corrected chi connectivity index (χ2v) is 4.44. The van der Waals surface area contributed by atoms with Crippen LogP contribution in [0.1, 0.15) is 40.5 Å². The van der Waals surface area contributed by atoms with Crippen LogP contribution in [-0.4, -0.2) is 38.8 Å². The van der Waals surface area contributed by atoms with Crippen LogP contribution in [0.5, 0.6) is 0 Å². The normalized spacial score (nSPS) is 11.3. The average Bonchev–Trinajstić information content (AvgIpc) is 2.30. The van der Waals surface area contributed by atoms with Crippen LogP contribution in [0.15, 0.2) is 4.99 Å². The van der Waals surface area contributed by atoms with E-state index in [0.717, 1.165) is 51.6 Å². The SMILES string of the molecule is CCNC(=NCC(C)C)NCCCCOCC.I. The van der Waals surface area contributed by atoms with E-state index in [9.17, 15) is 0 Å². The van der Waals surface area contributed by atoms with E-state index in [4.69, 9.17) is 4.74 Å². The van der Waals surface area contributed by atoms with Gasteiger partial charge in [-0.05, 0) is 32.6 Å². The smallest absolute Gasteiger partial charge is 0.191 e. The van der Waals surface area contributed by atoms with Crippen LogP contribution in [-0.2, 0) is 4.74 Å². The van der Waals surface area contributed by atoms with Crippen molar-refractivity contribution in [2.45, 2.75) is 40.5 Å². The number of hydrogen-bond donors (Lipinski definition) is 2. The first-order chi connectivity index (χ1) is 8.20. The molecule has 0 atom stereocenters. The lowest BCUT2D eigenvalue weighted by atomic mass is 10.2. The minimum absolute atomic E-state index is 0. The van der Waals surface area contributed by atoms with Crippen LogP contribution in [0.4, 0.5) is 0 Å². The van der Waals surface area contributed by atoms with Gasteiger partial charge in [-0.2, -0.15) is 0 Å². The molecule has 0 saturated carbocycles. The average molecular weight is 371 g/mol. The Morgan fingerprint density at radius 1 is 1.17 bits per heavy atom. The summed E-state index contributed by atoms with van der Waals surface area (Å²) >= 11 is 0. The van der Waals surface area contributed by atoms with Crippen LogP contribution in [0, 0.1) is 5.92 Å². The molecule has 0 aliphatic rings. The van der Waals surface area contributed by atoms with Crippen LogP contribution in [0.25, 0.3) is 0 Å². The zero-order valence-electron chi connectivity index (χ0n) is 12.3. The van der Waals surface area contributed by atoms with Crippen LogP contribution >= 0.6 is 24.0 Å². The van der Waals surface area contributed by atoms with Gasteiger partial charge in [-0.25, -0.2) is 0 Å². The maximum atomic E-state index is 5.29. The molecular formula is C13H30IN3O. The highest BCUT2D eigenvalue weighted by atomic mass is 127. The third-order valence-corrected chi connectivity index (χ3v) is 2.17. The van der Waals surface area contributed by atoms with Crippen molar-refractivity contribution in [3.8, 4) is 0 Å². The topological polar surface area (TPSA) is 45.7 Å². The fraction of sp³-hybridized carbons (Fsp3) is 0.923. The molecule has 0 aromatic rings. The summed E-state index contributed by atoms with van der Waals surface area (Å²) in [6.07, 6.45) is 2.22. The number of guanidine groups is 1. The summed E-state index contributed by atoms with van der Waals surface area (Å²) in [6, 6.07) is 0. The third kappa shape index (κ3) is 14.0. The van der Waals surface area contributed by atoms with Gasteiger partial charge < -0.3 is 15.4 Å². The first-order valence-corrected chi connectivity index (χ1v) is 6.80. The molecule has 0 saturated heterocycles. The van der Waals surface area contributed by atoms with Crippen molar-refractivity contribution in [1.82, 2.24) is 10.6 Å². The third-order valence-electron chi connectivity index (χ3n) is 2.17. The molecule has 0 aromatic heterocycles. The first-order valence-electron chi connectivity index (χ1n) is 6.80. The van der Waals surface area contributed by atoms with Crippen LogP contribution in [0.3, 0.4) is 0 Å². The first kappa shape index (κ1) is 20.3. The van der Waals surface area contributed by atoms with Gasteiger partial charge in [-0.3, -0.25) is 4.99 Å². The molecule has 4 nitrogen and oxygen atoms in total. The zero-order chi connectivity index (χ0) is 12.9. The van der Waals surface area contributed by atoms with E-state index in [2.05, 4.69) is 36.4 Å². The standard InChI is InChI=1S/C13H29N3O.HI/c1-5-14-13(16-11-12(3)4)15-9-7-8-10-17-6-2;/h12H,5-11H2,1-4H3,(H2,14,15,16);1H. The van der Waals surface area contributed by atoms with Crippen molar-refractivity contribution in [1.29, 1.82) is 0 Å². The Kier molecular flexibility index (Phi) is 16.9. The lowest BCUT2D eigenvalue weighted by Gasteiger charge is -2.11. The van der Waals surface area contributed by atoms with Gasteiger partial charge in [-0.1, -0.05) is 13.8 Å². The summed E-state index contributed by atoms with van der Waals surface area (Å²) in [5, 5.41) is 6.58. The maximum absolute atomic E-state index is 5.29. The second-order valence-electron chi connectivity index (χ2n) is 4.44. The van der Waals surface area contributed by atoms with Crippen LogP contribution < -0.4 is 10.6 Å². The highest BCUT2D eigenvalue weighted by Crippen LogP contribution is 1.92. The molecule has 18 heavy (non-hydrogen) atoms. The van der Waals surface area contributed by atoms with Crippen molar-refractivity contribution in [2.24, 2.45) is 10.9 Å². The summed E-state index contributed by atoms with van der Waals surface area (Å²) in [4.78, 5) is 4.51. The van der Waals surface area contributed by atoms with Gasteiger partial charge in [0.25, 0.3) is 0 Å². The highest BCUT2D eigenvalue weighted by molar-refractivity contribution is 14.0. The van der Waals surface area contributed by atoms with Gasteiger partial charge in [0.1, 0.15) is 0 Å². The number of aliphatic imine (C=N–C) groups is 1. The Hall–Kier alpha value is -0.0400. The van der Waals surface area contributed by atoms with Crippen molar-refractivity contribution in [3.05, 3.63) is 0 Å². The summed E-state index contributed by atoms with van der Waals surface area (Å²) in [7, 11) is 0. The number of halogens is 1. The van der Waals surface area contributed by atoms with Crippen molar-refractivity contribution < 1.29 is 4.74 Å². The van der Waals surface area contributed by atoms with Crippen LogP contribution in [0.2, 0.25) is 0 Å². The Bertz CT molecular complexity index is 199. The quantitative estimate of drug-likeness (QED) is 0.284. The van der Waals surface area contributed by atoms with E-state index in [1.54, 1.807) is 0 Å². The summed E-state index contributed by atoms with van der Waals surface area (Å²) in [5.74, 6) is 1.53. The number of rotatable bonds is 9. The molecule has 0 aliphatic heterocycles. The van der Waals surface area contributed by atoms with Gasteiger partial charge >= 0.3 is 0 Å². The summed E-state index contributed by atoms with van der Waals surface area (Å²) in [5.41, 5.74) is 0. The fourth-order valence-electron chi connectivity index (χ4n) is 1.30. The Morgan fingerprint density at radius 2 is 1.89 bits per heavy atom. The van der Waals surface area contributed by atoms with Crippen molar-refractivity contribution >= 4 is 29.9 Å². The fourth-order valence-corrected chi connectivity index (χ4v) is 1.30. The largest absolute Gasteiger partial charge is 0.382 e. The van der Waals surface area contributed by atoms with E-state index in [1.165, 1.54) is 0 Å². The Balaban J connectivity index is 0. The zero-order valence-corrected chi connectivity index (χ0v) is 14.6. The number of unbranched alkanes of at least 4 members (excludes halogenated alkanes) is 1. The Morgan fingerprint density at radius 3 is 2.44 bits per heavy atom. The molecule has 0 heterocycles. The van der Waals surface area contributed by atoms with Gasteiger partial charge in [0.15, 0.2) is 5.96 Å². The van der Waals surface area contributed by atoms with E-state index in [1.807, 2.05) is 6.92 Å². The molecule has 0 spiro atoms. The van der Waals surface area contributed by atoms with Gasteiger partial charge in [0.05, 0.1) is 0 Å². The minimum Gasteiger partial charge on any atom is -0.382 e. The van der Waals surface area contributed by atoms with E-state index >= 15 is 0 Å². The molecule has 0 amide bonds. The van der Waals surface area contributed by atoms with E-state index in [-0.39, 0.29) is 24.0 Å². The Labute approximate surface area is 129 Å². The van der Waals surface area contributed by atoms with Gasteiger partial charge in [-0.15, -0.1) is 24.0 Å². The minimum atomic E-state index is 0.